The van der Waals surface area contributed by atoms with E-state index in [1.54, 1.807) is 11.0 Å². The average molecular weight is 258 g/mol. The van der Waals surface area contributed by atoms with Crippen LogP contribution in [0.15, 0.2) is 43.0 Å². The lowest BCUT2D eigenvalue weighted by atomic mass is 10.1. The van der Waals surface area contributed by atoms with Gasteiger partial charge in [0.2, 0.25) is 5.91 Å². The fourth-order valence-electron chi connectivity index (χ4n) is 1.82. The van der Waals surface area contributed by atoms with Crippen molar-refractivity contribution in [3.05, 3.63) is 48.5 Å². The van der Waals surface area contributed by atoms with Crippen LogP contribution in [0, 0.1) is 0 Å². The van der Waals surface area contributed by atoms with E-state index < -0.39 is 0 Å². The molecule has 100 valence electrons. The number of benzene rings is 1. The quantitative estimate of drug-likeness (QED) is 0.764. The molecule has 1 amide bonds. The van der Waals surface area contributed by atoms with E-state index in [0.717, 1.165) is 12.8 Å². The number of rotatable bonds is 7. The van der Waals surface area contributed by atoms with Crippen molar-refractivity contribution in [2.24, 2.45) is 0 Å². The lowest BCUT2D eigenvalue weighted by Crippen LogP contribution is -2.25. The molecule has 0 saturated carbocycles. The third-order valence-electron chi connectivity index (χ3n) is 2.84. The van der Waals surface area contributed by atoms with Crippen molar-refractivity contribution in [3.63, 3.8) is 0 Å². The molecule has 1 heterocycles. The van der Waals surface area contributed by atoms with E-state index in [0.29, 0.717) is 19.5 Å². The second kappa shape index (κ2) is 7.31. The first-order chi connectivity index (χ1) is 9.34. The maximum Gasteiger partial charge on any atom is 0.221 e. The van der Waals surface area contributed by atoms with E-state index in [1.807, 2.05) is 18.2 Å². The lowest BCUT2D eigenvalue weighted by Gasteiger charge is -2.05. The first-order valence-corrected chi connectivity index (χ1v) is 6.47. The van der Waals surface area contributed by atoms with Crippen molar-refractivity contribution in [1.82, 2.24) is 20.1 Å². The van der Waals surface area contributed by atoms with Gasteiger partial charge in [0.25, 0.3) is 0 Å². The molecule has 2 aromatic rings. The van der Waals surface area contributed by atoms with Gasteiger partial charge in [-0.2, -0.15) is 5.10 Å². The second-order valence-corrected chi connectivity index (χ2v) is 4.35. The van der Waals surface area contributed by atoms with Gasteiger partial charge in [0, 0.05) is 13.0 Å². The maximum absolute atomic E-state index is 11.6. The number of hydrogen-bond donors (Lipinski definition) is 1. The van der Waals surface area contributed by atoms with Crippen LogP contribution in [0.1, 0.15) is 18.4 Å². The molecule has 0 saturated heterocycles. The first kappa shape index (κ1) is 13.3. The smallest absolute Gasteiger partial charge is 0.221 e. The van der Waals surface area contributed by atoms with Crippen molar-refractivity contribution < 1.29 is 4.79 Å². The highest BCUT2D eigenvalue weighted by molar-refractivity contribution is 5.75. The molecular formula is C14H18N4O. The Hall–Kier alpha value is -2.17. The van der Waals surface area contributed by atoms with E-state index in [-0.39, 0.29) is 5.91 Å². The molecule has 5 nitrogen and oxygen atoms in total. The molecule has 2 rings (SSSR count). The van der Waals surface area contributed by atoms with Crippen molar-refractivity contribution in [3.8, 4) is 0 Å². The Labute approximate surface area is 112 Å². The summed E-state index contributed by atoms with van der Waals surface area (Å²) in [7, 11) is 0. The molecule has 0 atom stereocenters. The Morgan fingerprint density at radius 2 is 2.11 bits per heavy atom. The summed E-state index contributed by atoms with van der Waals surface area (Å²) < 4.78 is 1.66. The third-order valence-corrected chi connectivity index (χ3v) is 2.84. The minimum Gasteiger partial charge on any atom is -0.356 e. The summed E-state index contributed by atoms with van der Waals surface area (Å²) >= 11 is 0. The minimum atomic E-state index is 0.0589. The van der Waals surface area contributed by atoms with Crippen molar-refractivity contribution in [1.29, 1.82) is 0 Å². The van der Waals surface area contributed by atoms with Crippen LogP contribution < -0.4 is 5.32 Å². The number of aromatic nitrogens is 3. The molecule has 5 heteroatoms. The molecule has 0 spiro atoms. The number of aryl methyl sites for hydroxylation is 2. The monoisotopic (exact) mass is 258 g/mol. The Morgan fingerprint density at radius 1 is 1.26 bits per heavy atom. The second-order valence-electron chi connectivity index (χ2n) is 4.35. The Balaban J connectivity index is 1.57. The van der Waals surface area contributed by atoms with Gasteiger partial charge in [-0.1, -0.05) is 30.3 Å². The Morgan fingerprint density at radius 3 is 2.84 bits per heavy atom. The van der Waals surface area contributed by atoms with Crippen LogP contribution in [0.2, 0.25) is 0 Å². The van der Waals surface area contributed by atoms with Gasteiger partial charge in [0.1, 0.15) is 12.7 Å². The van der Waals surface area contributed by atoms with Crippen LogP contribution in [-0.4, -0.2) is 27.2 Å². The number of carbonyl (C=O) groups is 1. The van der Waals surface area contributed by atoms with Gasteiger partial charge in [-0.15, -0.1) is 0 Å². The zero-order valence-corrected chi connectivity index (χ0v) is 10.8. The number of carbonyl (C=O) groups excluding carboxylic acids is 1. The van der Waals surface area contributed by atoms with Gasteiger partial charge in [-0.3, -0.25) is 9.48 Å². The van der Waals surface area contributed by atoms with Crippen molar-refractivity contribution in [2.75, 3.05) is 6.54 Å². The Kier molecular flexibility index (Phi) is 5.10. The summed E-state index contributed by atoms with van der Waals surface area (Å²) in [6.45, 7) is 1.29. The molecule has 0 radical (unpaired) electrons. The number of nitrogens with zero attached hydrogens (tertiary/aromatic N) is 3. The summed E-state index contributed by atoms with van der Waals surface area (Å²) in [5, 5.41) is 6.86. The maximum atomic E-state index is 11.6. The van der Waals surface area contributed by atoms with Crippen molar-refractivity contribution in [2.45, 2.75) is 25.8 Å². The minimum absolute atomic E-state index is 0.0589. The van der Waals surface area contributed by atoms with E-state index in [4.69, 9.17) is 0 Å². The number of amides is 1. The largest absolute Gasteiger partial charge is 0.356 e. The van der Waals surface area contributed by atoms with Crippen LogP contribution in [0.5, 0.6) is 0 Å². The van der Waals surface area contributed by atoms with Gasteiger partial charge in [-0.25, -0.2) is 4.98 Å². The van der Waals surface area contributed by atoms with Gasteiger partial charge < -0.3 is 5.32 Å². The molecule has 0 aliphatic carbocycles. The summed E-state index contributed by atoms with van der Waals surface area (Å²) in [4.78, 5) is 15.4. The summed E-state index contributed by atoms with van der Waals surface area (Å²) in [6, 6.07) is 10.3. The topological polar surface area (TPSA) is 59.8 Å². The van der Waals surface area contributed by atoms with Gasteiger partial charge in [0.15, 0.2) is 0 Å². The highest BCUT2D eigenvalue weighted by atomic mass is 16.1. The zero-order valence-electron chi connectivity index (χ0n) is 10.8. The fourth-order valence-corrected chi connectivity index (χ4v) is 1.82. The number of hydrogen-bond acceptors (Lipinski definition) is 3. The molecule has 19 heavy (non-hydrogen) atoms. The Bertz CT molecular complexity index is 481. The van der Waals surface area contributed by atoms with Crippen LogP contribution >= 0.6 is 0 Å². The number of nitrogens with one attached hydrogen (secondary N) is 1. The van der Waals surface area contributed by atoms with Crippen LogP contribution in [-0.2, 0) is 17.8 Å². The zero-order chi connectivity index (χ0) is 13.3. The summed E-state index contributed by atoms with van der Waals surface area (Å²) in [5.74, 6) is 0.0589. The standard InChI is InChI=1S/C14H18N4O/c19-14(8-10-18-12-15-11-17-18)16-9-4-7-13-5-2-1-3-6-13/h1-3,5-6,11-12H,4,7-10H2,(H,16,19). The molecule has 0 unspecified atom stereocenters. The van der Waals surface area contributed by atoms with E-state index >= 15 is 0 Å². The van der Waals surface area contributed by atoms with Crippen LogP contribution in [0.25, 0.3) is 0 Å². The highest BCUT2D eigenvalue weighted by Gasteiger charge is 2.01. The molecule has 1 N–H and O–H groups in total. The van der Waals surface area contributed by atoms with E-state index in [2.05, 4.69) is 27.5 Å². The van der Waals surface area contributed by atoms with Crippen molar-refractivity contribution >= 4 is 5.91 Å². The summed E-state index contributed by atoms with van der Waals surface area (Å²) in [5.41, 5.74) is 1.30. The fraction of sp³-hybridized carbons (Fsp3) is 0.357. The molecular weight excluding hydrogens is 240 g/mol. The molecule has 0 bridgehead atoms. The normalized spacial score (nSPS) is 10.3. The SMILES string of the molecule is O=C(CCn1cncn1)NCCCc1ccccc1. The molecule has 0 aliphatic heterocycles. The van der Waals surface area contributed by atoms with Gasteiger partial charge >= 0.3 is 0 Å². The molecule has 0 fully saturated rings. The molecule has 1 aromatic carbocycles. The van der Waals surface area contributed by atoms with Gasteiger partial charge in [0.05, 0.1) is 6.54 Å². The highest BCUT2D eigenvalue weighted by Crippen LogP contribution is 2.01. The average Bonchev–Trinajstić information content (AvgIpc) is 2.96. The third kappa shape index (κ3) is 4.91. The van der Waals surface area contributed by atoms with Gasteiger partial charge in [-0.05, 0) is 18.4 Å². The lowest BCUT2D eigenvalue weighted by molar-refractivity contribution is -0.121. The van der Waals surface area contributed by atoms with Crippen LogP contribution in [0.4, 0.5) is 0 Å². The first-order valence-electron chi connectivity index (χ1n) is 6.47. The summed E-state index contributed by atoms with van der Waals surface area (Å²) in [6.07, 6.45) is 5.47. The predicted octanol–water partition coefficient (Wildman–Crippen LogP) is 1.42. The van der Waals surface area contributed by atoms with E-state index in [1.165, 1.54) is 11.9 Å². The van der Waals surface area contributed by atoms with Crippen LogP contribution in [0.3, 0.4) is 0 Å². The molecule has 0 aliphatic rings. The predicted molar refractivity (Wildman–Crippen MR) is 72.4 cm³/mol. The van der Waals surface area contributed by atoms with E-state index in [9.17, 15) is 4.79 Å². The molecule has 1 aromatic heterocycles.